The van der Waals surface area contributed by atoms with Gasteiger partial charge in [-0.25, -0.2) is 0 Å². The molecule has 1 N–H and O–H groups in total. The van der Waals surface area contributed by atoms with E-state index in [4.69, 9.17) is 14.2 Å². The van der Waals surface area contributed by atoms with Crippen molar-refractivity contribution < 1.29 is 14.2 Å². The fourth-order valence-electron chi connectivity index (χ4n) is 2.51. The third kappa shape index (κ3) is 4.03. The summed E-state index contributed by atoms with van der Waals surface area (Å²) < 4.78 is 16.6. The fourth-order valence-corrected chi connectivity index (χ4v) is 2.51. The maximum absolute atomic E-state index is 5.62. The summed E-state index contributed by atoms with van der Waals surface area (Å²) in [5, 5.41) is 3.59. The van der Waals surface area contributed by atoms with Crippen molar-refractivity contribution in [1.82, 2.24) is 5.32 Å². The SMILES string of the molecule is CCC(NCC(C)C)c1cc(OC)c(C)c(OC)c1OC. The van der Waals surface area contributed by atoms with Crippen molar-refractivity contribution in [2.24, 2.45) is 5.92 Å². The van der Waals surface area contributed by atoms with Crippen LogP contribution in [0.4, 0.5) is 0 Å². The lowest BCUT2D eigenvalue weighted by Gasteiger charge is -2.24. The van der Waals surface area contributed by atoms with E-state index in [0.29, 0.717) is 5.92 Å². The van der Waals surface area contributed by atoms with E-state index in [1.165, 1.54) is 0 Å². The lowest BCUT2D eigenvalue weighted by atomic mass is 9.99. The predicted molar refractivity (Wildman–Crippen MR) is 86.7 cm³/mol. The van der Waals surface area contributed by atoms with Crippen LogP contribution in [0.15, 0.2) is 6.07 Å². The molecule has 0 saturated carbocycles. The van der Waals surface area contributed by atoms with Gasteiger partial charge in [0.25, 0.3) is 0 Å². The largest absolute Gasteiger partial charge is 0.496 e. The van der Waals surface area contributed by atoms with Crippen molar-refractivity contribution in [3.05, 3.63) is 17.2 Å². The van der Waals surface area contributed by atoms with Crippen molar-refractivity contribution >= 4 is 0 Å². The van der Waals surface area contributed by atoms with Crippen molar-refractivity contribution in [2.75, 3.05) is 27.9 Å². The molecule has 21 heavy (non-hydrogen) atoms. The molecule has 0 aliphatic carbocycles. The summed E-state index contributed by atoms with van der Waals surface area (Å²) in [6.45, 7) is 9.50. The average Bonchev–Trinajstić information content (AvgIpc) is 2.47. The minimum absolute atomic E-state index is 0.214. The van der Waals surface area contributed by atoms with E-state index < -0.39 is 0 Å². The zero-order valence-electron chi connectivity index (χ0n) is 14.4. The van der Waals surface area contributed by atoms with E-state index in [1.807, 2.05) is 6.92 Å². The zero-order chi connectivity index (χ0) is 16.0. The van der Waals surface area contributed by atoms with Gasteiger partial charge in [0.2, 0.25) is 0 Å². The second-order valence-electron chi connectivity index (χ2n) is 5.62. The summed E-state index contributed by atoms with van der Waals surface area (Å²) in [7, 11) is 5.03. The van der Waals surface area contributed by atoms with E-state index in [0.717, 1.165) is 41.3 Å². The minimum Gasteiger partial charge on any atom is -0.496 e. The van der Waals surface area contributed by atoms with Gasteiger partial charge in [0, 0.05) is 17.2 Å². The number of benzene rings is 1. The summed E-state index contributed by atoms with van der Waals surface area (Å²) in [5.74, 6) is 2.96. The van der Waals surface area contributed by atoms with Gasteiger partial charge in [-0.15, -0.1) is 0 Å². The Labute approximate surface area is 128 Å². The molecule has 0 bridgehead atoms. The molecule has 1 rings (SSSR count). The van der Waals surface area contributed by atoms with Crippen LogP contribution in [-0.4, -0.2) is 27.9 Å². The fraction of sp³-hybridized carbons (Fsp3) is 0.647. The van der Waals surface area contributed by atoms with Gasteiger partial charge in [0.05, 0.1) is 21.3 Å². The zero-order valence-corrected chi connectivity index (χ0v) is 14.4. The summed E-state index contributed by atoms with van der Waals surface area (Å²) in [6, 6.07) is 2.27. The highest BCUT2D eigenvalue weighted by Crippen LogP contribution is 2.43. The Morgan fingerprint density at radius 1 is 1.05 bits per heavy atom. The number of rotatable bonds is 8. The van der Waals surface area contributed by atoms with E-state index in [9.17, 15) is 0 Å². The highest BCUT2D eigenvalue weighted by atomic mass is 16.5. The van der Waals surface area contributed by atoms with Crippen LogP contribution in [0.1, 0.15) is 44.4 Å². The number of ether oxygens (including phenoxy) is 3. The van der Waals surface area contributed by atoms with Crippen molar-refractivity contribution in [1.29, 1.82) is 0 Å². The molecule has 0 saturated heterocycles. The molecule has 0 aliphatic heterocycles. The van der Waals surface area contributed by atoms with Gasteiger partial charge in [0.15, 0.2) is 11.5 Å². The molecule has 4 nitrogen and oxygen atoms in total. The van der Waals surface area contributed by atoms with Crippen LogP contribution in [-0.2, 0) is 0 Å². The number of hydrogen-bond acceptors (Lipinski definition) is 4. The molecular formula is C17H29NO3. The average molecular weight is 295 g/mol. The standard InChI is InChI=1S/C17H29NO3/c1-8-14(18-10-11(2)3)13-9-15(19-5)12(4)16(20-6)17(13)21-7/h9,11,14,18H,8,10H2,1-7H3. The molecule has 0 aromatic heterocycles. The van der Waals surface area contributed by atoms with Crippen LogP contribution in [0.5, 0.6) is 17.2 Å². The van der Waals surface area contributed by atoms with Crippen LogP contribution in [0.25, 0.3) is 0 Å². The van der Waals surface area contributed by atoms with E-state index in [-0.39, 0.29) is 6.04 Å². The maximum Gasteiger partial charge on any atom is 0.167 e. The third-order valence-corrected chi connectivity index (χ3v) is 3.65. The second-order valence-corrected chi connectivity index (χ2v) is 5.62. The van der Waals surface area contributed by atoms with Crippen molar-refractivity contribution in [2.45, 2.75) is 40.2 Å². The first-order chi connectivity index (χ1) is 9.99. The van der Waals surface area contributed by atoms with Crippen LogP contribution >= 0.6 is 0 Å². The molecule has 0 fully saturated rings. The van der Waals surface area contributed by atoms with Gasteiger partial charge < -0.3 is 19.5 Å². The van der Waals surface area contributed by atoms with Crippen molar-refractivity contribution in [3.63, 3.8) is 0 Å². The second kappa shape index (κ2) is 8.13. The molecule has 0 heterocycles. The van der Waals surface area contributed by atoms with Gasteiger partial charge in [-0.05, 0) is 31.9 Å². The molecular weight excluding hydrogens is 266 g/mol. The molecule has 0 spiro atoms. The lowest BCUT2D eigenvalue weighted by Crippen LogP contribution is -2.25. The lowest BCUT2D eigenvalue weighted by molar-refractivity contribution is 0.335. The molecule has 120 valence electrons. The highest BCUT2D eigenvalue weighted by molar-refractivity contribution is 5.58. The van der Waals surface area contributed by atoms with E-state index in [1.54, 1.807) is 21.3 Å². The van der Waals surface area contributed by atoms with Crippen molar-refractivity contribution in [3.8, 4) is 17.2 Å². The summed E-state index contributed by atoms with van der Waals surface area (Å²) in [5.41, 5.74) is 2.04. The Morgan fingerprint density at radius 2 is 1.67 bits per heavy atom. The van der Waals surface area contributed by atoms with Gasteiger partial charge in [-0.1, -0.05) is 20.8 Å². The Balaban J connectivity index is 3.30. The molecule has 4 heteroatoms. The Hall–Kier alpha value is -1.42. The summed E-state index contributed by atoms with van der Waals surface area (Å²) in [6.07, 6.45) is 0.971. The topological polar surface area (TPSA) is 39.7 Å². The predicted octanol–water partition coefficient (Wildman–Crippen LogP) is 3.72. The van der Waals surface area contributed by atoms with Gasteiger partial charge in [-0.3, -0.25) is 0 Å². The third-order valence-electron chi connectivity index (χ3n) is 3.65. The van der Waals surface area contributed by atoms with Crippen LogP contribution < -0.4 is 19.5 Å². The quantitative estimate of drug-likeness (QED) is 0.793. The number of nitrogens with one attached hydrogen (secondary N) is 1. The number of methoxy groups -OCH3 is 3. The molecule has 1 aromatic rings. The summed E-state index contributed by atoms with van der Waals surface area (Å²) in [4.78, 5) is 0. The Bertz CT molecular complexity index is 458. The van der Waals surface area contributed by atoms with Crippen LogP contribution in [0, 0.1) is 12.8 Å². The normalized spacial score (nSPS) is 12.4. The molecule has 0 radical (unpaired) electrons. The number of hydrogen-bond donors (Lipinski definition) is 1. The van der Waals surface area contributed by atoms with E-state index in [2.05, 4.69) is 32.2 Å². The van der Waals surface area contributed by atoms with E-state index >= 15 is 0 Å². The molecule has 0 aliphatic rings. The molecule has 0 amide bonds. The smallest absolute Gasteiger partial charge is 0.167 e. The molecule has 1 atom stereocenters. The molecule has 1 aromatic carbocycles. The first-order valence-corrected chi connectivity index (χ1v) is 7.52. The molecule has 1 unspecified atom stereocenters. The maximum atomic E-state index is 5.62. The highest BCUT2D eigenvalue weighted by Gasteiger charge is 2.22. The Morgan fingerprint density at radius 3 is 2.10 bits per heavy atom. The Kier molecular flexibility index (Phi) is 6.82. The van der Waals surface area contributed by atoms with Gasteiger partial charge in [-0.2, -0.15) is 0 Å². The first-order valence-electron chi connectivity index (χ1n) is 7.52. The minimum atomic E-state index is 0.214. The van der Waals surface area contributed by atoms with Crippen LogP contribution in [0.2, 0.25) is 0 Å². The first kappa shape index (κ1) is 17.6. The van der Waals surface area contributed by atoms with Crippen LogP contribution in [0.3, 0.4) is 0 Å². The van der Waals surface area contributed by atoms with Gasteiger partial charge >= 0.3 is 0 Å². The van der Waals surface area contributed by atoms with Gasteiger partial charge in [0.1, 0.15) is 5.75 Å². The summed E-state index contributed by atoms with van der Waals surface area (Å²) >= 11 is 0. The monoisotopic (exact) mass is 295 g/mol.